The lowest BCUT2D eigenvalue weighted by molar-refractivity contribution is 0.102. The molecule has 0 aliphatic rings. The van der Waals surface area contributed by atoms with Crippen molar-refractivity contribution in [3.63, 3.8) is 0 Å². The second-order valence-electron chi connectivity index (χ2n) is 6.95. The summed E-state index contributed by atoms with van der Waals surface area (Å²) in [5.74, 6) is 0.863. The van der Waals surface area contributed by atoms with Crippen molar-refractivity contribution in [2.75, 3.05) is 26.6 Å². The SMILES string of the molecule is COc1ccc(-n2nc(C(=O)Nc3cc(Cl)c(OC)cc3OC)c3ccccc3c2=O)cc1. The Hall–Kier alpha value is -4.04. The van der Waals surface area contributed by atoms with Gasteiger partial charge in [-0.25, -0.2) is 0 Å². The largest absolute Gasteiger partial charge is 0.497 e. The number of carbonyl (C=O) groups excluding carboxylic acids is 1. The highest BCUT2D eigenvalue weighted by molar-refractivity contribution is 6.32. The summed E-state index contributed by atoms with van der Waals surface area (Å²) in [6, 6.07) is 16.7. The van der Waals surface area contributed by atoms with Crippen LogP contribution in [0.25, 0.3) is 16.5 Å². The van der Waals surface area contributed by atoms with Gasteiger partial charge in [0, 0.05) is 11.5 Å². The number of hydrogen-bond acceptors (Lipinski definition) is 6. The minimum absolute atomic E-state index is 0.0648. The molecule has 0 atom stereocenters. The molecule has 9 heteroatoms. The molecule has 0 fully saturated rings. The number of anilines is 1. The smallest absolute Gasteiger partial charge is 0.279 e. The quantitative estimate of drug-likeness (QED) is 0.456. The standard InChI is InChI=1S/C24H20ClN3O5/c1-31-15-10-8-14(9-11-15)28-24(30)17-7-5-4-6-16(17)22(27-28)23(29)26-19-12-18(25)20(32-2)13-21(19)33-3/h4-13H,1-3H3,(H,26,29). The van der Waals surface area contributed by atoms with E-state index >= 15 is 0 Å². The third kappa shape index (κ3) is 4.20. The van der Waals surface area contributed by atoms with Crippen LogP contribution in [0.5, 0.6) is 17.2 Å². The Morgan fingerprint density at radius 2 is 1.58 bits per heavy atom. The second kappa shape index (κ2) is 9.22. The van der Waals surface area contributed by atoms with E-state index in [0.717, 1.165) is 0 Å². The summed E-state index contributed by atoms with van der Waals surface area (Å²) in [6.07, 6.45) is 0. The molecule has 1 heterocycles. The van der Waals surface area contributed by atoms with Gasteiger partial charge in [-0.2, -0.15) is 9.78 Å². The van der Waals surface area contributed by atoms with Crippen LogP contribution in [-0.4, -0.2) is 37.0 Å². The zero-order chi connectivity index (χ0) is 23.5. The number of rotatable bonds is 6. The van der Waals surface area contributed by atoms with Crippen molar-refractivity contribution in [2.24, 2.45) is 0 Å². The Kier molecular flexibility index (Phi) is 6.19. The summed E-state index contributed by atoms with van der Waals surface area (Å²) in [5, 5.41) is 8.24. The van der Waals surface area contributed by atoms with E-state index in [4.69, 9.17) is 25.8 Å². The van der Waals surface area contributed by atoms with Crippen LogP contribution >= 0.6 is 11.6 Å². The molecule has 0 bridgehead atoms. The van der Waals surface area contributed by atoms with Gasteiger partial charge in [-0.15, -0.1) is 0 Å². The highest BCUT2D eigenvalue weighted by Gasteiger charge is 2.20. The van der Waals surface area contributed by atoms with Crippen molar-refractivity contribution in [2.45, 2.75) is 0 Å². The van der Waals surface area contributed by atoms with Gasteiger partial charge >= 0.3 is 0 Å². The average molecular weight is 466 g/mol. The summed E-state index contributed by atoms with van der Waals surface area (Å²) in [4.78, 5) is 26.4. The summed E-state index contributed by atoms with van der Waals surface area (Å²) in [7, 11) is 4.50. The number of fused-ring (bicyclic) bond motifs is 1. The van der Waals surface area contributed by atoms with Crippen LogP contribution in [0.2, 0.25) is 5.02 Å². The zero-order valence-corrected chi connectivity index (χ0v) is 18.8. The maximum atomic E-state index is 13.3. The van der Waals surface area contributed by atoms with Gasteiger partial charge in [0.15, 0.2) is 5.69 Å². The Bertz CT molecular complexity index is 1400. The highest BCUT2D eigenvalue weighted by Crippen LogP contribution is 2.36. The van der Waals surface area contributed by atoms with Crippen molar-refractivity contribution in [1.29, 1.82) is 0 Å². The fourth-order valence-electron chi connectivity index (χ4n) is 3.39. The molecule has 168 valence electrons. The number of amides is 1. The number of nitrogens with one attached hydrogen (secondary N) is 1. The molecule has 0 aliphatic heterocycles. The first-order valence-electron chi connectivity index (χ1n) is 9.86. The van der Waals surface area contributed by atoms with E-state index in [1.807, 2.05) is 0 Å². The van der Waals surface area contributed by atoms with E-state index < -0.39 is 5.91 Å². The Balaban J connectivity index is 1.83. The Labute approximate surface area is 194 Å². The zero-order valence-electron chi connectivity index (χ0n) is 18.1. The third-order valence-electron chi connectivity index (χ3n) is 5.06. The third-order valence-corrected chi connectivity index (χ3v) is 5.35. The lowest BCUT2D eigenvalue weighted by Gasteiger charge is -2.14. The van der Waals surface area contributed by atoms with Crippen LogP contribution < -0.4 is 25.1 Å². The molecule has 0 radical (unpaired) electrons. The number of halogens is 1. The maximum Gasteiger partial charge on any atom is 0.279 e. The minimum atomic E-state index is -0.534. The van der Waals surface area contributed by atoms with Gasteiger partial charge in [0.2, 0.25) is 0 Å². The van der Waals surface area contributed by atoms with Crippen molar-refractivity contribution in [3.8, 4) is 22.9 Å². The van der Waals surface area contributed by atoms with E-state index in [2.05, 4.69) is 10.4 Å². The van der Waals surface area contributed by atoms with E-state index in [9.17, 15) is 9.59 Å². The van der Waals surface area contributed by atoms with E-state index in [1.165, 1.54) is 25.0 Å². The predicted octanol–water partition coefficient (Wildman–Crippen LogP) is 4.32. The molecule has 3 aromatic carbocycles. The lowest BCUT2D eigenvalue weighted by Crippen LogP contribution is -2.26. The van der Waals surface area contributed by atoms with Crippen LogP contribution in [0, 0.1) is 0 Å². The van der Waals surface area contributed by atoms with E-state index in [0.29, 0.717) is 44.4 Å². The number of methoxy groups -OCH3 is 3. The summed E-state index contributed by atoms with van der Waals surface area (Å²) >= 11 is 6.23. The number of benzene rings is 3. The fraction of sp³-hybridized carbons (Fsp3) is 0.125. The van der Waals surface area contributed by atoms with Gasteiger partial charge in [-0.3, -0.25) is 9.59 Å². The number of ether oxygens (including phenoxy) is 3. The molecular weight excluding hydrogens is 446 g/mol. The van der Waals surface area contributed by atoms with Gasteiger partial charge in [-0.1, -0.05) is 29.8 Å². The van der Waals surface area contributed by atoms with Crippen LogP contribution in [0.1, 0.15) is 10.5 Å². The Morgan fingerprint density at radius 1 is 0.909 bits per heavy atom. The molecule has 0 spiro atoms. The van der Waals surface area contributed by atoms with E-state index in [-0.39, 0.29) is 11.3 Å². The molecule has 0 aliphatic carbocycles. The van der Waals surface area contributed by atoms with Crippen molar-refractivity contribution < 1.29 is 19.0 Å². The van der Waals surface area contributed by atoms with Crippen LogP contribution in [0.3, 0.4) is 0 Å². The van der Waals surface area contributed by atoms with Crippen molar-refractivity contribution in [1.82, 2.24) is 9.78 Å². The van der Waals surface area contributed by atoms with Gasteiger partial charge in [0.25, 0.3) is 11.5 Å². The molecule has 1 aromatic heterocycles. The topological polar surface area (TPSA) is 91.7 Å². The highest BCUT2D eigenvalue weighted by atomic mass is 35.5. The number of nitrogens with zero attached hydrogens (tertiary/aromatic N) is 2. The number of carbonyl (C=O) groups is 1. The molecule has 0 saturated heterocycles. The number of hydrogen-bond donors (Lipinski definition) is 1. The summed E-state index contributed by atoms with van der Waals surface area (Å²) < 4.78 is 16.9. The van der Waals surface area contributed by atoms with Gasteiger partial charge in [0.1, 0.15) is 17.2 Å². The normalized spacial score (nSPS) is 10.7. The van der Waals surface area contributed by atoms with Gasteiger partial charge in [-0.05, 0) is 36.4 Å². The fourth-order valence-corrected chi connectivity index (χ4v) is 3.64. The van der Waals surface area contributed by atoms with Crippen LogP contribution in [0.4, 0.5) is 5.69 Å². The lowest BCUT2D eigenvalue weighted by atomic mass is 10.1. The molecule has 1 amide bonds. The van der Waals surface area contributed by atoms with Gasteiger partial charge in [0.05, 0.1) is 43.1 Å². The summed E-state index contributed by atoms with van der Waals surface area (Å²) in [5.41, 5.74) is 0.541. The van der Waals surface area contributed by atoms with Crippen LogP contribution in [-0.2, 0) is 0 Å². The molecule has 0 unspecified atom stereocenters. The monoisotopic (exact) mass is 465 g/mol. The average Bonchev–Trinajstić information content (AvgIpc) is 2.84. The summed E-state index contributed by atoms with van der Waals surface area (Å²) in [6.45, 7) is 0. The molecule has 33 heavy (non-hydrogen) atoms. The van der Waals surface area contributed by atoms with Crippen LogP contribution in [0.15, 0.2) is 65.5 Å². The molecule has 4 aromatic rings. The molecule has 0 saturated carbocycles. The first kappa shape index (κ1) is 22.2. The number of aromatic nitrogens is 2. The van der Waals surface area contributed by atoms with Gasteiger partial charge < -0.3 is 19.5 Å². The molecular formula is C24H20ClN3O5. The Morgan fingerprint density at radius 3 is 2.21 bits per heavy atom. The van der Waals surface area contributed by atoms with E-state index in [1.54, 1.807) is 61.7 Å². The molecule has 1 N–H and O–H groups in total. The molecule has 8 nitrogen and oxygen atoms in total. The second-order valence-corrected chi connectivity index (χ2v) is 7.36. The predicted molar refractivity (Wildman–Crippen MR) is 126 cm³/mol. The van der Waals surface area contributed by atoms with Crippen molar-refractivity contribution >= 4 is 34.0 Å². The first-order chi connectivity index (χ1) is 16.0. The minimum Gasteiger partial charge on any atom is -0.497 e. The van der Waals surface area contributed by atoms with Crippen molar-refractivity contribution in [3.05, 3.63) is 81.7 Å². The maximum absolute atomic E-state index is 13.3. The molecule has 4 rings (SSSR count). The first-order valence-corrected chi connectivity index (χ1v) is 10.2.